The lowest BCUT2D eigenvalue weighted by Crippen LogP contribution is -2.62. The van der Waals surface area contributed by atoms with Gasteiger partial charge in [0.05, 0.1) is 11.2 Å². The summed E-state index contributed by atoms with van der Waals surface area (Å²) in [6.45, 7) is 47.3. The van der Waals surface area contributed by atoms with E-state index in [1.165, 1.54) is 130 Å². The summed E-state index contributed by atoms with van der Waals surface area (Å²) < 4.78 is 0. The van der Waals surface area contributed by atoms with Gasteiger partial charge in [-0.3, -0.25) is 0 Å². The van der Waals surface area contributed by atoms with E-state index in [-0.39, 0.29) is 50.2 Å². The molecule has 9 aromatic carbocycles. The highest BCUT2D eigenvalue weighted by Crippen LogP contribution is 2.63. The Morgan fingerprint density at radius 1 is 0.352 bits per heavy atom. The molecular weight excluding hydrogens is 1100 g/mol. The van der Waals surface area contributed by atoms with E-state index in [4.69, 9.17) is 0 Å². The van der Waals surface area contributed by atoms with Gasteiger partial charge in [-0.2, -0.15) is 0 Å². The highest BCUT2D eigenvalue weighted by molar-refractivity contribution is 7.00. The molecule has 1 aliphatic carbocycles. The molecule has 0 amide bonds. The Balaban J connectivity index is 1.12. The van der Waals surface area contributed by atoms with Crippen LogP contribution in [0.25, 0.3) is 11.1 Å². The number of hydrogen-bond donors (Lipinski definition) is 0. The molecule has 13 rings (SSSR count). The molecule has 0 N–H and O–H groups in total. The van der Waals surface area contributed by atoms with E-state index in [2.05, 4.69) is 346 Å². The Labute approximate surface area is 547 Å². The van der Waals surface area contributed by atoms with Crippen molar-refractivity contribution < 1.29 is 0 Å². The first-order valence-corrected chi connectivity index (χ1v) is 34.0. The fourth-order valence-electron chi connectivity index (χ4n) is 15.7. The second kappa shape index (κ2) is 21.4. The zero-order valence-electron chi connectivity index (χ0n) is 58.6. The van der Waals surface area contributed by atoms with Gasteiger partial charge in [0.1, 0.15) is 0 Å². The Morgan fingerprint density at radius 2 is 0.802 bits per heavy atom. The monoisotopic (exact) mass is 1200 g/mol. The van der Waals surface area contributed by atoms with Crippen LogP contribution in [0.5, 0.6) is 0 Å². The number of rotatable bonds is 7. The zero-order chi connectivity index (χ0) is 64.9. The lowest BCUT2D eigenvalue weighted by Gasteiger charge is -2.51. The van der Waals surface area contributed by atoms with Gasteiger partial charge in [-0.05, 0) is 204 Å². The minimum atomic E-state index is -0.270. The highest BCUT2D eigenvalue weighted by Gasteiger charge is 2.58. The van der Waals surface area contributed by atoms with Gasteiger partial charge in [0.2, 0.25) is 0 Å². The smallest absolute Gasteiger partial charge is 0.252 e. The molecule has 0 radical (unpaired) electrons. The van der Waals surface area contributed by atoms with Gasteiger partial charge in [0, 0.05) is 67.9 Å². The summed E-state index contributed by atoms with van der Waals surface area (Å²) in [5, 5.41) is 0. The van der Waals surface area contributed by atoms with Gasteiger partial charge in [-0.1, -0.05) is 241 Å². The van der Waals surface area contributed by atoms with Crippen molar-refractivity contribution in [2.45, 2.75) is 208 Å². The van der Waals surface area contributed by atoms with Crippen LogP contribution in [0.1, 0.15) is 203 Å². The molecule has 2 atom stereocenters. The van der Waals surface area contributed by atoms with Crippen molar-refractivity contribution in [3.63, 3.8) is 0 Å². The Kier molecular flexibility index (Phi) is 14.6. The van der Waals surface area contributed by atoms with E-state index in [9.17, 15) is 0 Å². The van der Waals surface area contributed by atoms with Crippen LogP contribution in [0, 0.1) is 0 Å². The van der Waals surface area contributed by atoms with E-state index in [1.807, 2.05) is 0 Å². The van der Waals surface area contributed by atoms with Crippen LogP contribution in [-0.4, -0.2) is 12.3 Å². The fraction of sp³-hybridized carbons (Fsp3) is 0.372. The Morgan fingerprint density at radius 3 is 1.35 bits per heavy atom. The minimum absolute atomic E-state index is 0.00482. The molecule has 1 saturated carbocycles. The summed E-state index contributed by atoms with van der Waals surface area (Å²) in [5.41, 5.74) is 28.6. The Bertz CT molecular complexity index is 4210. The molecular formula is C86H99BN4. The minimum Gasteiger partial charge on any atom is -0.334 e. The van der Waals surface area contributed by atoms with Gasteiger partial charge in [-0.25, -0.2) is 0 Å². The van der Waals surface area contributed by atoms with Gasteiger partial charge in [0.15, 0.2) is 0 Å². The van der Waals surface area contributed by atoms with Crippen molar-refractivity contribution in [3.05, 3.63) is 227 Å². The van der Waals surface area contributed by atoms with E-state index >= 15 is 0 Å². The average molecular weight is 1200 g/mol. The predicted octanol–water partition coefficient (Wildman–Crippen LogP) is 22.4. The van der Waals surface area contributed by atoms with Crippen molar-refractivity contribution >= 4 is 85.7 Å². The van der Waals surface area contributed by atoms with Crippen LogP contribution in [0.2, 0.25) is 0 Å². The standard InChI is InChI=1S/C86H99BN4/c1-79(2,3)57-28-37-63(38-29-57)88(64-39-30-58(31-40-64)80(4,5)6)66-43-47-73-69(53-66)85(19)48-24-25-49-86(85,20)91(73)67-54-76-78-77(55-67)90(72-45-35-60(82(10,11)12)50-68(72)56-26-22-21-23-27-56)75-52-62(84(16,17)18)34-44-70(75)87(78)71-51-61(83(13,14)15)36-46-74(71)89(76)65-41-32-59(33-42-65)81(7,8)9/h21-23,26-47,50-55H,24-25,48-49H2,1-20H3. The molecule has 9 aromatic rings. The molecule has 1 fully saturated rings. The first-order valence-electron chi connectivity index (χ1n) is 34.0. The van der Waals surface area contributed by atoms with Crippen LogP contribution >= 0.6 is 0 Å². The predicted molar refractivity (Wildman–Crippen MR) is 396 cm³/mol. The number of benzene rings is 9. The Hall–Kier alpha value is -7.76. The van der Waals surface area contributed by atoms with Crippen LogP contribution in [-0.2, 0) is 37.9 Å². The lowest BCUT2D eigenvalue weighted by atomic mass is 9.33. The van der Waals surface area contributed by atoms with Gasteiger partial charge >= 0.3 is 0 Å². The van der Waals surface area contributed by atoms with E-state index in [0.717, 1.165) is 24.2 Å². The van der Waals surface area contributed by atoms with Crippen molar-refractivity contribution in [3.8, 4) is 11.1 Å². The largest absolute Gasteiger partial charge is 0.334 e. The van der Waals surface area contributed by atoms with Gasteiger partial charge in [0.25, 0.3) is 6.71 Å². The summed E-state index contributed by atoms with van der Waals surface area (Å²) in [7, 11) is 0. The second-order valence-corrected chi connectivity index (χ2v) is 34.0. The third kappa shape index (κ3) is 10.5. The molecule has 91 heavy (non-hydrogen) atoms. The van der Waals surface area contributed by atoms with Gasteiger partial charge in [-0.15, -0.1) is 0 Å². The van der Waals surface area contributed by atoms with E-state index in [0.29, 0.717) is 0 Å². The first kappa shape index (κ1) is 62.1. The number of hydrogen-bond acceptors (Lipinski definition) is 4. The summed E-state index contributed by atoms with van der Waals surface area (Å²) in [6.07, 6.45) is 4.52. The number of nitrogens with zero attached hydrogens (tertiary/aromatic N) is 4. The maximum atomic E-state index is 2.84. The number of fused-ring (bicyclic) bond motifs is 7. The second-order valence-electron chi connectivity index (χ2n) is 34.0. The fourth-order valence-corrected chi connectivity index (χ4v) is 15.7. The molecule has 0 bridgehead atoms. The SMILES string of the molecule is CC(C)(C)c1ccc(N(c2ccc(C(C)(C)C)cc2)c2ccc3c(c2)C2(C)CCCCC2(C)N3c2cc3c4c(c2)N(c2ccc(C(C)(C)C)cc2-c2ccccc2)c2cc(C(C)(C)C)ccc2B4c2cc(C(C)(C)C)ccc2N3c2ccc(C(C)(C)C)cc2)cc1. The normalized spacial score (nSPS) is 18.2. The van der Waals surface area contributed by atoms with Crippen molar-refractivity contribution in [1.29, 1.82) is 0 Å². The van der Waals surface area contributed by atoms with Crippen LogP contribution in [0.4, 0.5) is 62.6 Å². The summed E-state index contributed by atoms with van der Waals surface area (Å²) in [5.74, 6) is 0. The van der Waals surface area contributed by atoms with Crippen molar-refractivity contribution in [2.75, 3.05) is 19.6 Å². The van der Waals surface area contributed by atoms with E-state index < -0.39 is 0 Å². The topological polar surface area (TPSA) is 13.0 Å². The molecule has 3 aliphatic heterocycles. The van der Waals surface area contributed by atoms with Crippen LogP contribution in [0.15, 0.2) is 188 Å². The molecule has 466 valence electrons. The third-order valence-corrected chi connectivity index (χ3v) is 21.6. The summed E-state index contributed by atoms with van der Waals surface area (Å²) in [4.78, 5) is 10.7. The maximum Gasteiger partial charge on any atom is 0.252 e. The average Bonchev–Trinajstić information content (AvgIpc) is 1.68. The molecule has 4 nitrogen and oxygen atoms in total. The van der Waals surface area contributed by atoms with E-state index in [1.54, 1.807) is 0 Å². The molecule has 0 spiro atoms. The van der Waals surface area contributed by atoms with Crippen LogP contribution in [0.3, 0.4) is 0 Å². The molecule has 2 unspecified atom stereocenters. The quantitative estimate of drug-likeness (QED) is 0.147. The van der Waals surface area contributed by atoms with Gasteiger partial charge < -0.3 is 19.6 Å². The van der Waals surface area contributed by atoms with Crippen molar-refractivity contribution in [2.24, 2.45) is 0 Å². The summed E-state index contributed by atoms with van der Waals surface area (Å²) in [6, 6.07) is 74.6. The molecule has 3 heterocycles. The molecule has 0 aromatic heterocycles. The third-order valence-electron chi connectivity index (χ3n) is 21.6. The first-order chi connectivity index (χ1) is 42.6. The van der Waals surface area contributed by atoms with Crippen LogP contribution < -0.4 is 36.0 Å². The lowest BCUT2D eigenvalue weighted by molar-refractivity contribution is 0.195. The zero-order valence-corrected chi connectivity index (χ0v) is 58.6. The highest BCUT2D eigenvalue weighted by atomic mass is 15.3. The molecule has 4 aliphatic rings. The maximum absolute atomic E-state index is 2.84. The molecule has 0 saturated heterocycles. The number of anilines is 11. The summed E-state index contributed by atoms with van der Waals surface area (Å²) >= 11 is 0. The van der Waals surface area contributed by atoms with Crippen molar-refractivity contribution in [1.82, 2.24) is 0 Å². The molecule has 5 heteroatoms.